The minimum Gasteiger partial charge on any atom is -0.464 e. The van der Waals surface area contributed by atoms with Crippen LogP contribution >= 0.6 is 22.9 Å². The van der Waals surface area contributed by atoms with Gasteiger partial charge in [0.2, 0.25) is 5.91 Å². The van der Waals surface area contributed by atoms with E-state index in [2.05, 4.69) is 4.99 Å². The van der Waals surface area contributed by atoms with Crippen LogP contribution in [0, 0.1) is 0 Å². The molecule has 3 aromatic rings. The van der Waals surface area contributed by atoms with Gasteiger partial charge < -0.3 is 14.2 Å². The van der Waals surface area contributed by atoms with Gasteiger partial charge in [-0.15, -0.1) is 11.3 Å². The highest BCUT2D eigenvalue weighted by atomic mass is 35.5. The van der Waals surface area contributed by atoms with Crippen molar-refractivity contribution in [2.45, 2.75) is 30.1 Å². The van der Waals surface area contributed by atoms with E-state index in [-0.39, 0.29) is 28.9 Å². The summed E-state index contributed by atoms with van der Waals surface area (Å²) >= 11 is 7.47. The number of hydrogen-bond donors (Lipinski definition) is 0. The quantitative estimate of drug-likeness (QED) is 0.436. The lowest BCUT2D eigenvalue weighted by Crippen LogP contribution is -2.38. The molecule has 1 aliphatic rings. The van der Waals surface area contributed by atoms with E-state index in [1.807, 2.05) is 0 Å². The number of hydrogen-bond acceptors (Lipinski definition) is 7. The van der Waals surface area contributed by atoms with Gasteiger partial charge in [-0.2, -0.15) is 0 Å². The Balaban J connectivity index is 1.40. The number of benzene rings is 2. The Bertz CT molecular complexity index is 1490. The molecule has 8 nitrogen and oxygen atoms in total. The van der Waals surface area contributed by atoms with E-state index in [4.69, 9.17) is 16.3 Å². The lowest BCUT2D eigenvalue weighted by atomic mass is 9.94. The van der Waals surface area contributed by atoms with Gasteiger partial charge in [0, 0.05) is 43.5 Å². The van der Waals surface area contributed by atoms with Crippen LogP contribution in [-0.4, -0.2) is 62.8 Å². The fourth-order valence-corrected chi connectivity index (χ4v) is 7.24. The number of nitrogens with zero attached hydrogens (tertiary/aromatic N) is 3. The average Bonchev–Trinajstić information content (AvgIpc) is 3.22. The molecule has 1 aliphatic heterocycles. The first-order chi connectivity index (χ1) is 17.1. The topological polar surface area (TPSA) is 98.0 Å². The Kier molecular flexibility index (Phi) is 7.87. The standard InChI is InChI=1S/C25H28ClN3O5S2/c1-27-25-28(2)22(24(31)34-3)23(35-25)16-8-11-29(12-9-16)21(30)10-13-36(32,33)20-7-5-17-14-19(26)6-4-18(17)15-20/h4-7,14-16H,8-13H2,1-3H3. The van der Waals surface area contributed by atoms with Gasteiger partial charge in [-0.3, -0.25) is 9.79 Å². The first-order valence-corrected chi connectivity index (χ1v) is 14.4. The summed E-state index contributed by atoms with van der Waals surface area (Å²) in [4.78, 5) is 33.0. The number of ether oxygens (including phenoxy) is 1. The summed E-state index contributed by atoms with van der Waals surface area (Å²) in [5.74, 6) is -0.734. The monoisotopic (exact) mass is 549 g/mol. The maximum atomic E-state index is 12.9. The van der Waals surface area contributed by atoms with Crippen molar-refractivity contribution < 1.29 is 22.7 Å². The van der Waals surface area contributed by atoms with Crippen LogP contribution < -0.4 is 4.80 Å². The van der Waals surface area contributed by atoms with Crippen LogP contribution in [0.3, 0.4) is 0 Å². The van der Waals surface area contributed by atoms with E-state index in [1.54, 1.807) is 60.0 Å². The Morgan fingerprint density at radius 3 is 2.47 bits per heavy atom. The molecule has 192 valence electrons. The molecule has 36 heavy (non-hydrogen) atoms. The number of fused-ring (bicyclic) bond motifs is 1. The van der Waals surface area contributed by atoms with Crippen LogP contribution in [0.15, 0.2) is 46.3 Å². The summed E-state index contributed by atoms with van der Waals surface area (Å²) in [6, 6.07) is 10.2. The second-order valence-electron chi connectivity index (χ2n) is 8.75. The van der Waals surface area contributed by atoms with Crippen molar-refractivity contribution in [1.29, 1.82) is 0 Å². The summed E-state index contributed by atoms with van der Waals surface area (Å²) in [5.41, 5.74) is 0.497. The molecule has 0 radical (unpaired) electrons. The normalized spacial score (nSPS) is 15.4. The number of esters is 1. The van der Waals surface area contributed by atoms with Gasteiger partial charge in [0.15, 0.2) is 14.6 Å². The van der Waals surface area contributed by atoms with E-state index in [0.29, 0.717) is 36.6 Å². The second kappa shape index (κ2) is 10.7. The molecule has 1 amide bonds. The van der Waals surface area contributed by atoms with Crippen molar-refractivity contribution in [3.8, 4) is 0 Å². The molecular formula is C25H28ClN3O5S2. The van der Waals surface area contributed by atoms with Crippen molar-refractivity contribution in [1.82, 2.24) is 9.47 Å². The summed E-state index contributed by atoms with van der Waals surface area (Å²) in [6.45, 7) is 1.00. The van der Waals surface area contributed by atoms with Crippen LogP contribution in [0.2, 0.25) is 5.02 Å². The predicted octanol–water partition coefficient (Wildman–Crippen LogP) is 3.78. The molecule has 4 rings (SSSR count). The lowest BCUT2D eigenvalue weighted by molar-refractivity contribution is -0.131. The van der Waals surface area contributed by atoms with Gasteiger partial charge in [0.1, 0.15) is 5.69 Å². The van der Waals surface area contributed by atoms with E-state index in [1.165, 1.54) is 18.4 Å². The van der Waals surface area contributed by atoms with Crippen LogP contribution in [0.1, 0.15) is 40.5 Å². The molecule has 0 unspecified atom stereocenters. The van der Waals surface area contributed by atoms with Crippen molar-refractivity contribution >= 4 is 55.4 Å². The molecule has 0 spiro atoms. The minimum atomic E-state index is -3.62. The maximum Gasteiger partial charge on any atom is 0.355 e. The highest BCUT2D eigenvalue weighted by Gasteiger charge is 2.30. The Morgan fingerprint density at radius 2 is 1.81 bits per heavy atom. The number of carbonyl (C=O) groups excluding carboxylic acids is 2. The Labute approximate surface area is 219 Å². The molecular weight excluding hydrogens is 522 g/mol. The number of carbonyl (C=O) groups is 2. The number of likely N-dealkylation sites (tertiary alicyclic amines) is 1. The van der Waals surface area contributed by atoms with Crippen molar-refractivity contribution in [2.24, 2.45) is 12.0 Å². The zero-order valence-corrected chi connectivity index (χ0v) is 22.8. The predicted molar refractivity (Wildman–Crippen MR) is 140 cm³/mol. The molecule has 0 aliphatic carbocycles. The third kappa shape index (κ3) is 5.35. The van der Waals surface area contributed by atoms with E-state index >= 15 is 0 Å². The van der Waals surface area contributed by atoms with Crippen LogP contribution in [0.5, 0.6) is 0 Å². The Hall–Kier alpha value is -2.69. The second-order valence-corrected chi connectivity index (χ2v) is 12.3. The van der Waals surface area contributed by atoms with Crippen molar-refractivity contribution in [2.75, 3.05) is 33.0 Å². The van der Waals surface area contributed by atoms with E-state index < -0.39 is 15.8 Å². The zero-order valence-electron chi connectivity index (χ0n) is 20.4. The fraction of sp³-hybridized carbons (Fsp3) is 0.400. The highest BCUT2D eigenvalue weighted by Crippen LogP contribution is 2.33. The molecule has 0 saturated carbocycles. The van der Waals surface area contributed by atoms with Crippen LogP contribution in [0.4, 0.5) is 0 Å². The molecule has 2 aromatic carbocycles. The summed E-state index contributed by atoms with van der Waals surface area (Å²) in [7, 11) is 1.21. The first-order valence-electron chi connectivity index (χ1n) is 11.6. The number of halogens is 1. The van der Waals surface area contributed by atoms with Gasteiger partial charge in [0.25, 0.3) is 0 Å². The van der Waals surface area contributed by atoms with Gasteiger partial charge in [0.05, 0.1) is 17.8 Å². The zero-order chi connectivity index (χ0) is 26.0. The number of aromatic nitrogens is 1. The van der Waals surface area contributed by atoms with Gasteiger partial charge >= 0.3 is 5.97 Å². The average molecular weight is 550 g/mol. The molecule has 1 fully saturated rings. The summed E-state index contributed by atoms with van der Waals surface area (Å²) in [6.07, 6.45) is 1.28. The van der Waals surface area contributed by atoms with Crippen molar-refractivity contribution in [3.63, 3.8) is 0 Å². The van der Waals surface area contributed by atoms with Gasteiger partial charge in [-0.1, -0.05) is 23.7 Å². The number of thiazole rings is 1. The van der Waals surface area contributed by atoms with E-state index in [9.17, 15) is 18.0 Å². The SMILES string of the molecule is CN=c1sc(C2CCN(C(=O)CCS(=O)(=O)c3ccc4cc(Cl)ccc4c3)CC2)c(C(=O)OC)n1C. The number of sulfone groups is 1. The fourth-order valence-electron chi connectivity index (χ4n) is 4.56. The molecule has 0 atom stereocenters. The minimum absolute atomic E-state index is 0.0775. The molecule has 11 heteroatoms. The third-order valence-corrected chi connectivity index (χ3v) is 9.90. The van der Waals surface area contributed by atoms with Crippen molar-refractivity contribution in [3.05, 3.63) is 56.8 Å². The molecule has 2 heterocycles. The number of methoxy groups -OCH3 is 1. The molecule has 0 N–H and O–H groups in total. The third-order valence-electron chi connectivity index (χ3n) is 6.56. The van der Waals surface area contributed by atoms with E-state index in [0.717, 1.165) is 20.5 Å². The largest absolute Gasteiger partial charge is 0.464 e. The Morgan fingerprint density at radius 1 is 1.14 bits per heavy atom. The molecule has 0 bridgehead atoms. The van der Waals surface area contributed by atoms with Gasteiger partial charge in [-0.05, 0) is 53.8 Å². The van der Waals surface area contributed by atoms with Crippen LogP contribution in [-0.2, 0) is 26.4 Å². The highest BCUT2D eigenvalue weighted by molar-refractivity contribution is 7.91. The number of piperidine rings is 1. The van der Waals surface area contributed by atoms with Crippen LogP contribution in [0.25, 0.3) is 10.8 Å². The maximum absolute atomic E-state index is 12.9. The summed E-state index contributed by atoms with van der Waals surface area (Å²) in [5, 5.41) is 2.22. The molecule has 1 aromatic heterocycles. The number of rotatable bonds is 6. The summed E-state index contributed by atoms with van der Waals surface area (Å²) < 4.78 is 32.5. The van der Waals surface area contributed by atoms with Gasteiger partial charge in [-0.25, -0.2) is 13.2 Å². The number of amides is 1. The lowest BCUT2D eigenvalue weighted by Gasteiger charge is -2.32. The molecule has 1 saturated heterocycles. The first kappa shape index (κ1) is 26.4. The smallest absolute Gasteiger partial charge is 0.355 e.